The van der Waals surface area contributed by atoms with Crippen LogP contribution in [0.5, 0.6) is 0 Å². The highest BCUT2D eigenvalue weighted by molar-refractivity contribution is 7.92. The summed E-state index contributed by atoms with van der Waals surface area (Å²) in [6.07, 6.45) is 0. The molecule has 35 heavy (non-hydrogen) atoms. The van der Waals surface area contributed by atoms with Crippen LogP contribution in [0, 0.1) is 5.82 Å². The third kappa shape index (κ3) is 5.80. The minimum absolute atomic E-state index is 0.197. The number of rotatable bonds is 8. The second-order valence-electron chi connectivity index (χ2n) is 8.31. The van der Waals surface area contributed by atoms with E-state index >= 15 is 0 Å². The molecule has 0 spiro atoms. The molecule has 1 fully saturated rings. The number of nitrogens with zero attached hydrogens (tertiary/aromatic N) is 2. The van der Waals surface area contributed by atoms with Crippen LogP contribution in [0.2, 0.25) is 0 Å². The normalized spacial score (nSPS) is 13.9. The second kappa shape index (κ2) is 10.9. The summed E-state index contributed by atoms with van der Waals surface area (Å²) in [5, 5.41) is 3.30. The minimum Gasteiger partial charge on any atom is -0.368 e. The largest absolute Gasteiger partial charge is 0.368 e. The third-order valence-electron chi connectivity index (χ3n) is 5.95. The van der Waals surface area contributed by atoms with Crippen molar-refractivity contribution in [2.75, 3.05) is 42.3 Å². The van der Waals surface area contributed by atoms with Crippen molar-refractivity contribution < 1.29 is 17.6 Å². The lowest BCUT2D eigenvalue weighted by Gasteiger charge is -2.32. The number of sulfonamides is 1. The van der Waals surface area contributed by atoms with Crippen LogP contribution in [-0.2, 0) is 16.6 Å². The van der Waals surface area contributed by atoms with Crippen LogP contribution < -0.4 is 14.9 Å². The van der Waals surface area contributed by atoms with Crippen LogP contribution in [0.15, 0.2) is 77.7 Å². The van der Waals surface area contributed by atoms with E-state index in [2.05, 4.69) is 14.9 Å². The van der Waals surface area contributed by atoms with Gasteiger partial charge >= 0.3 is 0 Å². The summed E-state index contributed by atoms with van der Waals surface area (Å²) in [6.45, 7) is 5.86. The first-order valence-corrected chi connectivity index (χ1v) is 13.1. The summed E-state index contributed by atoms with van der Waals surface area (Å²) in [5.74, 6) is -1.04. The van der Waals surface area contributed by atoms with Crippen LogP contribution in [0.4, 0.5) is 15.8 Å². The molecule has 2 N–H and O–H groups in total. The molecule has 1 aliphatic rings. The maximum absolute atomic E-state index is 14.2. The van der Waals surface area contributed by atoms with Crippen LogP contribution >= 0.6 is 0 Å². The van der Waals surface area contributed by atoms with Gasteiger partial charge in [-0.15, -0.1) is 0 Å². The lowest BCUT2D eigenvalue weighted by Crippen LogP contribution is -2.44. The van der Waals surface area contributed by atoms with Gasteiger partial charge in [0.2, 0.25) is 0 Å². The Kier molecular flexibility index (Phi) is 7.67. The maximum atomic E-state index is 14.2. The molecule has 0 saturated carbocycles. The fourth-order valence-corrected chi connectivity index (χ4v) is 5.26. The number of nitrogens with one attached hydrogen (secondary N) is 2. The zero-order chi connectivity index (χ0) is 24.8. The van der Waals surface area contributed by atoms with Gasteiger partial charge in [0.1, 0.15) is 10.7 Å². The summed E-state index contributed by atoms with van der Waals surface area (Å²) < 4.78 is 42.3. The first-order valence-electron chi connectivity index (χ1n) is 11.6. The molecule has 4 rings (SSSR count). The molecule has 3 aromatic carbocycles. The van der Waals surface area contributed by atoms with Crippen molar-refractivity contribution in [1.29, 1.82) is 0 Å². The van der Waals surface area contributed by atoms with Gasteiger partial charge in [-0.1, -0.05) is 42.5 Å². The van der Waals surface area contributed by atoms with E-state index in [1.165, 1.54) is 18.2 Å². The lowest BCUT2D eigenvalue weighted by molar-refractivity contribution is 0.0753. The molecule has 0 radical (unpaired) electrons. The molecule has 3 aromatic rings. The summed E-state index contributed by atoms with van der Waals surface area (Å²) in [5.41, 5.74) is 2.35. The van der Waals surface area contributed by atoms with Crippen molar-refractivity contribution in [2.45, 2.75) is 18.4 Å². The van der Waals surface area contributed by atoms with Gasteiger partial charge in [-0.05, 0) is 42.8 Å². The van der Waals surface area contributed by atoms with Crippen molar-refractivity contribution in [3.05, 3.63) is 89.7 Å². The van der Waals surface area contributed by atoms with Gasteiger partial charge in [0.15, 0.2) is 0 Å². The molecule has 0 unspecified atom stereocenters. The molecule has 1 amide bonds. The van der Waals surface area contributed by atoms with E-state index in [0.29, 0.717) is 18.7 Å². The standard InChI is InChI=1S/C26H29FN4O3S/c1-2-30(19-20-8-4-3-5-9-20)26(32)22-18-21(12-13-24(22)31-16-14-28-15-17-31)29-35(33,34)25-11-7-6-10-23(25)27/h3-13,18,28-29H,2,14-17,19H2,1H3. The highest BCUT2D eigenvalue weighted by Crippen LogP contribution is 2.28. The van der Waals surface area contributed by atoms with Crippen molar-refractivity contribution in [1.82, 2.24) is 10.2 Å². The van der Waals surface area contributed by atoms with Gasteiger partial charge in [0.25, 0.3) is 15.9 Å². The molecule has 7 nitrogen and oxygen atoms in total. The zero-order valence-corrected chi connectivity index (χ0v) is 20.4. The number of anilines is 2. The van der Waals surface area contributed by atoms with Crippen LogP contribution in [0.1, 0.15) is 22.8 Å². The number of benzene rings is 3. The van der Waals surface area contributed by atoms with E-state index in [1.54, 1.807) is 23.1 Å². The van der Waals surface area contributed by atoms with E-state index in [-0.39, 0.29) is 11.6 Å². The van der Waals surface area contributed by atoms with Crippen molar-refractivity contribution in [3.8, 4) is 0 Å². The molecule has 1 saturated heterocycles. The van der Waals surface area contributed by atoms with Gasteiger partial charge in [0, 0.05) is 50.6 Å². The quantitative estimate of drug-likeness (QED) is 0.497. The van der Waals surface area contributed by atoms with Crippen LogP contribution in [0.25, 0.3) is 0 Å². The Labute approximate surface area is 205 Å². The molecule has 0 atom stereocenters. The van der Waals surface area contributed by atoms with Gasteiger partial charge in [-0.3, -0.25) is 9.52 Å². The van der Waals surface area contributed by atoms with Crippen LogP contribution in [-0.4, -0.2) is 51.9 Å². The van der Waals surface area contributed by atoms with E-state index in [0.717, 1.165) is 43.5 Å². The number of carbonyl (C=O) groups is 1. The average molecular weight is 497 g/mol. The number of amides is 1. The zero-order valence-electron chi connectivity index (χ0n) is 19.6. The topological polar surface area (TPSA) is 81.8 Å². The van der Waals surface area contributed by atoms with Gasteiger partial charge in [0.05, 0.1) is 5.56 Å². The highest BCUT2D eigenvalue weighted by Gasteiger charge is 2.25. The maximum Gasteiger partial charge on any atom is 0.264 e. The van der Waals surface area contributed by atoms with Gasteiger partial charge < -0.3 is 15.1 Å². The lowest BCUT2D eigenvalue weighted by atomic mass is 10.1. The Morgan fingerprint density at radius 2 is 1.71 bits per heavy atom. The smallest absolute Gasteiger partial charge is 0.264 e. The summed E-state index contributed by atoms with van der Waals surface area (Å²) in [7, 11) is -4.17. The van der Waals surface area contributed by atoms with Gasteiger partial charge in [-0.25, -0.2) is 12.8 Å². The van der Waals surface area contributed by atoms with Crippen LogP contribution in [0.3, 0.4) is 0 Å². The van der Waals surface area contributed by atoms with E-state index < -0.39 is 20.7 Å². The Morgan fingerprint density at radius 1 is 1.03 bits per heavy atom. The van der Waals surface area contributed by atoms with Crippen molar-refractivity contribution in [2.24, 2.45) is 0 Å². The van der Waals surface area contributed by atoms with E-state index in [4.69, 9.17) is 0 Å². The molecule has 0 aliphatic carbocycles. The molecular formula is C26H29FN4O3S. The highest BCUT2D eigenvalue weighted by atomic mass is 32.2. The summed E-state index contributed by atoms with van der Waals surface area (Å²) >= 11 is 0. The third-order valence-corrected chi connectivity index (χ3v) is 7.36. The first kappa shape index (κ1) is 24.7. The monoisotopic (exact) mass is 496 g/mol. The Hall–Kier alpha value is -3.43. The predicted octanol–water partition coefficient (Wildman–Crippen LogP) is 3.70. The number of halogens is 1. The minimum atomic E-state index is -4.17. The van der Waals surface area contributed by atoms with E-state index in [1.807, 2.05) is 37.3 Å². The fourth-order valence-electron chi connectivity index (χ4n) is 4.13. The average Bonchev–Trinajstić information content (AvgIpc) is 2.88. The SMILES string of the molecule is CCN(Cc1ccccc1)C(=O)c1cc(NS(=O)(=O)c2ccccc2F)ccc1N1CCNCC1. The number of carbonyl (C=O) groups excluding carboxylic acids is 1. The number of hydrogen-bond donors (Lipinski definition) is 2. The Balaban J connectivity index is 1.69. The fraction of sp³-hybridized carbons (Fsp3) is 0.269. The molecule has 9 heteroatoms. The number of piperazine rings is 1. The molecule has 1 heterocycles. The van der Waals surface area contributed by atoms with E-state index in [9.17, 15) is 17.6 Å². The Bertz CT molecular complexity index is 1280. The molecule has 184 valence electrons. The van der Waals surface area contributed by atoms with Crippen molar-refractivity contribution in [3.63, 3.8) is 0 Å². The summed E-state index contributed by atoms with van der Waals surface area (Å²) in [4.78, 5) is 17.1. The molecular weight excluding hydrogens is 467 g/mol. The van der Waals surface area contributed by atoms with Gasteiger partial charge in [-0.2, -0.15) is 0 Å². The first-order chi connectivity index (χ1) is 16.9. The molecule has 1 aliphatic heterocycles. The molecule has 0 aromatic heterocycles. The predicted molar refractivity (Wildman–Crippen MR) is 136 cm³/mol. The van der Waals surface area contributed by atoms with Crippen molar-refractivity contribution >= 4 is 27.3 Å². The molecule has 0 bridgehead atoms. The Morgan fingerprint density at radius 3 is 2.40 bits per heavy atom. The second-order valence-corrected chi connectivity index (χ2v) is 9.96. The number of hydrogen-bond acceptors (Lipinski definition) is 5. The summed E-state index contributed by atoms with van der Waals surface area (Å²) in [6, 6.07) is 19.8.